The van der Waals surface area contributed by atoms with Gasteiger partial charge >= 0.3 is 0 Å². The number of rotatable bonds is 3. The Kier molecular flexibility index (Phi) is 3.94. The molecule has 24 heavy (non-hydrogen) atoms. The van der Waals surface area contributed by atoms with E-state index in [1.54, 1.807) is 6.26 Å². The van der Waals surface area contributed by atoms with Gasteiger partial charge in [0.1, 0.15) is 4.88 Å². The lowest BCUT2D eigenvalue weighted by atomic mass is 10.1. The van der Waals surface area contributed by atoms with Gasteiger partial charge in [0.05, 0.1) is 12.0 Å². The number of carbonyl (C=O) groups excluding carboxylic acids is 1. The van der Waals surface area contributed by atoms with Gasteiger partial charge in [0.15, 0.2) is 10.8 Å². The average Bonchev–Trinajstić information content (AvgIpc) is 3.35. The van der Waals surface area contributed by atoms with Crippen molar-refractivity contribution in [3.8, 4) is 22.0 Å². The fourth-order valence-electron chi connectivity index (χ4n) is 3.03. The van der Waals surface area contributed by atoms with Crippen LogP contribution in [0.15, 0.2) is 53.1 Å². The maximum absolute atomic E-state index is 13.0. The van der Waals surface area contributed by atoms with Crippen molar-refractivity contribution in [3.05, 3.63) is 53.6 Å². The van der Waals surface area contributed by atoms with Crippen LogP contribution in [0.25, 0.3) is 22.0 Å². The van der Waals surface area contributed by atoms with Gasteiger partial charge in [-0.3, -0.25) is 4.79 Å². The second-order valence-corrected chi connectivity index (χ2v) is 7.18. The van der Waals surface area contributed by atoms with Crippen LogP contribution in [-0.4, -0.2) is 28.9 Å². The highest BCUT2D eigenvalue weighted by Crippen LogP contribution is 2.35. The first-order valence-corrected chi connectivity index (χ1v) is 8.93. The molecule has 0 saturated carbocycles. The number of nitrogens with zero attached hydrogens (tertiary/aromatic N) is 2. The maximum Gasteiger partial charge on any atom is 0.266 e. The maximum atomic E-state index is 13.0. The standard InChI is InChI=1S/C19H18N2O2S/c1-13-9-10-21(12-13)19(22)17-16(14-6-3-2-4-7-14)20-18(24-17)15-8-5-11-23-15/h2-8,11,13H,9-10,12H2,1H3. The molecule has 0 N–H and O–H groups in total. The van der Waals surface area contributed by atoms with Gasteiger partial charge in [0.2, 0.25) is 0 Å². The van der Waals surface area contributed by atoms with Crippen LogP contribution in [0.1, 0.15) is 23.0 Å². The lowest BCUT2D eigenvalue weighted by Gasteiger charge is -2.15. The van der Waals surface area contributed by atoms with Crippen molar-refractivity contribution >= 4 is 17.2 Å². The summed E-state index contributed by atoms with van der Waals surface area (Å²) < 4.78 is 5.47. The molecule has 122 valence electrons. The molecule has 1 saturated heterocycles. The van der Waals surface area contributed by atoms with Crippen molar-refractivity contribution in [2.75, 3.05) is 13.1 Å². The van der Waals surface area contributed by atoms with E-state index in [-0.39, 0.29) is 5.91 Å². The summed E-state index contributed by atoms with van der Waals surface area (Å²) in [6.07, 6.45) is 2.69. The Morgan fingerprint density at radius 3 is 2.75 bits per heavy atom. The Morgan fingerprint density at radius 1 is 1.25 bits per heavy atom. The number of carbonyl (C=O) groups is 1. The molecule has 4 rings (SSSR count). The van der Waals surface area contributed by atoms with Gasteiger partial charge < -0.3 is 9.32 Å². The Morgan fingerprint density at radius 2 is 2.08 bits per heavy atom. The van der Waals surface area contributed by atoms with Crippen LogP contribution >= 0.6 is 11.3 Å². The summed E-state index contributed by atoms with van der Waals surface area (Å²) in [5, 5.41) is 0.745. The number of hydrogen-bond acceptors (Lipinski definition) is 4. The zero-order valence-electron chi connectivity index (χ0n) is 13.4. The molecular formula is C19H18N2O2S. The summed E-state index contributed by atoms with van der Waals surface area (Å²) in [6.45, 7) is 3.83. The van der Waals surface area contributed by atoms with Crippen LogP contribution in [0.4, 0.5) is 0 Å². The largest absolute Gasteiger partial charge is 0.462 e. The molecule has 1 aliphatic heterocycles. The smallest absolute Gasteiger partial charge is 0.266 e. The van der Waals surface area contributed by atoms with E-state index in [1.807, 2.05) is 47.4 Å². The molecule has 5 heteroatoms. The lowest BCUT2D eigenvalue weighted by molar-refractivity contribution is 0.0793. The van der Waals surface area contributed by atoms with Crippen molar-refractivity contribution in [2.45, 2.75) is 13.3 Å². The first kappa shape index (κ1) is 15.1. The van der Waals surface area contributed by atoms with Crippen molar-refractivity contribution in [2.24, 2.45) is 5.92 Å². The molecule has 0 aliphatic carbocycles. The predicted octanol–water partition coefficient (Wildman–Crippen LogP) is 4.55. The minimum absolute atomic E-state index is 0.0773. The number of hydrogen-bond donors (Lipinski definition) is 0. The Bertz CT molecular complexity index is 840. The average molecular weight is 338 g/mol. The minimum atomic E-state index is 0.0773. The van der Waals surface area contributed by atoms with E-state index in [9.17, 15) is 4.79 Å². The molecule has 3 aromatic rings. The van der Waals surface area contributed by atoms with Crippen molar-refractivity contribution < 1.29 is 9.21 Å². The van der Waals surface area contributed by atoms with Crippen LogP contribution in [0.3, 0.4) is 0 Å². The van der Waals surface area contributed by atoms with E-state index in [4.69, 9.17) is 9.40 Å². The summed E-state index contributed by atoms with van der Waals surface area (Å²) in [6, 6.07) is 13.6. The highest BCUT2D eigenvalue weighted by Gasteiger charge is 2.29. The molecule has 0 bridgehead atoms. The van der Waals surface area contributed by atoms with Crippen LogP contribution in [0, 0.1) is 5.92 Å². The zero-order chi connectivity index (χ0) is 16.5. The molecule has 1 amide bonds. The van der Waals surface area contributed by atoms with Crippen molar-refractivity contribution in [3.63, 3.8) is 0 Å². The molecule has 3 heterocycles. The van der Waals surface area contributed by atoms with E-state index >= 15 is 0 Å². The molecule has 0 spiro atoms. The summed E-state index contributed by atoms with van der Waals surface area (Å²) in [4.78, 5) is 20.4. The molecule has 4 nitrogen and oxygen atoms in total. The van der Waals surface area contributed by atoms with E-state index in [2.05, 4.69) is 6.92 Å². The van der Waals surface area contributed by atoms with E-state index in [0.717, 1.165) is 35.8 Å². The third-order valence-corrected chi connectivity index (χ3v) is 5.37. The number of thiazole rings is 1. The fraction of sp³-hybridized carbons (Fsp3) is 0.263. The third kappa shape index (κ3) is 2.76. The minimum Gasteiger partial charge on any atom is -0.462 e. The van der Waals surface area contributed by atoms with Gasteiger partial charge in [-0.15, -0.1) is 11.3 Å². The number of benzene rings is 1. The van der Waals surface area contributed by atoms with Gasteiger partial charge in [0, 0.05) is 18.7 Å². The number of furan rings is 1. The summed E-state index contributed by atoms with van der Waals surface area (Å²) in [7, 11) is 0. The second kappa shape index (κ2) is 6.24. The molecular weight excluding hydrogens is 320 g/mol. The van der Waals surface area contributed by atoms with E-state index < -0.39 is 0 Å². The Balaban J connectivity index is 1.78. The van der Waals surface area contributed by atoms with Crippen LogP contribution in [0.5, 0.6) is 0 Å². The van der Waals surface area contributed by atoms with Crippen molar-refractivity contribution in [1.82, 2.24) is 9.88 Å². The molecule has 1 atom stereocenters. The normalized spacial score (nSPS) is 17.4. The van der Waals surface area contributed by atoms with Gasteiger partial charge in [-0.05, 0) is 24.5 Å². The number of amides is 1. The van der Waals surface area contributed by atoms with Crippen molar-refractivity contribution in [1.29, 1.82) is 0 Å². The molecule has 1 aliphatic rings. The van der Waals surface area contributed by atoms with E-state index in [1.165, 1.54) is 11.3 Å². The Labute approximate surface area is 144 Å². The fourth-order valence-corrected chi connectivity index (χ4v) is 4.05. The molecule has 1 fully saturated rings. The summed E-state index contributed by atoms with van der Waals surface area (Å²) >= 11 is 1.41. The van der Waals surface area contributed by atoms with Gasteiger partial charge in [-0.25, -0.2) is 4.98 Å². The quantitative estimate of drug-likeness (QED) is 0.704. The van der Waals surface area contributed by atoms with E-state index in [0.29, 0.717) is 16.6 Å². The first-order valence-electron chi connectivity index (χ1n) is 8.12. The monoisotopic (exact) mass is 338 g/mol. The molecule has 0 radical (unpaired) electrons. The van der Waals surface area contributed by atoms with Gasteiger partial charge in [0.25, 0.3) is 5.91 Å². The SMILES string of the molecule is CC1CCN(C(=O)c2sc(-c3ccco3)nc2-c2ccccc2)C1. The highest BCUT2D eigenvalue weighted by atomic mass is 32.1. The number of aromatic nitrogens is 1. The molecule has 1 aromatic carbocycles. The highest BCUT2D eigenvalue weighted by molar-refractivity contribution is 7.17. The van der Waals surface area contributed by atoms with Crippen LogP contribution < -0.4 is 0 Å². The van der Waals surface area contributed by atoms with Crippen LogP contribution in [0.2, 0.25) is 0 Å². The number of likely N-dealkylation sites (tertiary alicyclic amines) is 1. The third-order valence-electron chi connectivity index (χ3n) is 4.31. The topological polar surface area (TPSA) is 46.3 Å². The van der Waals surface area contributed by atoms with Gasteiger partial charge in [-0.2, -0.15) is 0 Å². The summed E-state index contributed by atoms with van der Waals surface area (Å²) in [5.74, 6) is 1.34. The molecule has 2 aromatic heterocycles. The van der Waals surface area contributed by atoms with Crippen LogP contribution in [-0.2, 0) is 0 Å². The molecule has 1 unspecified atom stereocenters. The first-order chi connectivity index (χ1) is 11.7. The Hall–Kier alpha value is -2.40. The summed E-state index contributed by atoms with van der Waals surface area (Å²) in [5.41, 5.74) is 1.71. The predicted molar refractivity (Wildman–Crippen MR) is 94.9 cm³/mol. The zero-order valence-corrected chi connectivity index (χ0v) is 14.3. The lowest BCUT2D eigenvalue weighted by Crippen LogP contribution is -2.28. The second-order valence-electron chi connectivity index (χ2n) is 6.19. The van der Waals surface area contributed by atoms with Gasteiger partial charge in [-0.1, -0.05) is 37.3 Å².